The van der Waals surface area contributed by atoms with Gasteiger partial charge in [0.15, 0.2) is 0 Å². The highest BCUT2D eigenvalue weighted by Crippen LogP contribution is 2.21. The van der Waals surface area contributed by atoms with E-state index in [2.05, 4.69) is 15.6 Å². The Morgan fingerprint density at radius 3 is 2.41 bits per heavy atom. The summed E-state index contributed by atoms with van der Waals surface area (Å²) in [4.78, 5) is 28.7. The normalized spacial score (nSPS) is 16.1. The topological polar surface area (TPSA) is 71.1 Å². The molecule has 1 aliphatic carbocycles. The minimum Gasteiger partial charge on any atom is -0.352 e. The van der Waals surface area contributed by atoms with Crippen molar-refractivity contribution in [3.63, 3.8) is 0 Å². The molecule has 0 aromatic carbocycles. The van der Waals surface area contributed by atoms with E-state index in [1.54, 1.807) is 26.2 Å². The molecule has 0 radical (unpaired) electrons. The summed E-state index contributed by atoms with van der Waals surface area (Å²) in [5.41, 5.74) is -0.100. The Kier molecular flexibility index (Phi) is 5.52. The summed E-state index contributed by atoms with van der Waals surface area (Å²) in [5.74, 6) is -0.441. The van der Waals surface area contributed by atoms with Gasteiger partial charge in [0.05, 0.1) is 0 Å². The molecule has 0 saturated heterocycles. The first-order valence-electron chi connectivity index (χ1n) is 7.98. The fourth-order valence-electron chi connectivity index (χ4n) is 2.62. The summed E-state index contributed by atoms with van der Waals surface area (Å²) in [6.07, 6.45) is 8.94. The van der Waals surface area contributed by atoms with Crippen LogP contribution in [0, 0.1) is 5.41 Å². The van der Waals surface area contributed by atoms with Gasteiger partial charge in [0, 0.05) is 25.0 Å². The molecule has 5 heteroatoms. The molecule has 1 aromatic heterocycles. The van der Waals surface area contributed by atoms with Crippen molar-refractivity contribution in [2.75, 3.05) is 0 Å². The summed E-state index contributed by atoms with van der Waals surface area (Å²) in [7, 11) is 0. The van der Waals surface area contributed by atoms with Crippen molar-refractivity contribution in [1.82, 2.24) is 15.6 Å². The molecule has 5 nitrogen and oxygen atoms in total. The van der Waals surface area contributed by atoms with E-state index in [1.165, 1.54) is 6.42 Å². The van der Waals surface area contributed by atoms with Crippen LogP contribution in [0.25, 0.3) is 0 Å². The maximum absolute atomic E-state index is 12.4. The zero-order valence-electron chi connectivity index (χ0n) is 13.4. The third kappa shape index (κ3) is 4.29. The van der Waals surface area contributed by atoms with E-state index < -0.39 is 5.41 Å². The predicted molar refractivity (Wildman–Crippen MR) is 84.9 cm³/mol. The summed E-state index contributed by atoms with van der Waals surface area (Å²) in [5, 5.41) is 5.86. The van der Waals surface area contributed by atoms with Gasteiger partial charge in [-0.15, -0.1) is 0 Å². The lowest BCUT2D eigenvalue weighted by Gasteiger charge is -2.28. The second kappa shape index (κ2) is 7.38. The van der Waals surface area contributed by atoms with Crippen LogP contribution in [0.5, 0.6) is 0 Å². The first kappa shape index (κ1) is 16.5. The van der Waals surface area contributed by atoms with E-state index in [4.69, 9.17) is 0 Å². The maximum Gasteiger partial charge on any atom is 0.235 e. The summed E-state index contributed by atoms with van der Waals surface area (Å²) in [6, 6.07) is 3.90. The maximum atomic E-state index is 12.4. The molecule has 120 valence electrons. The second-order valence-electron chi connectivity index (χ2n) is 6.47. The monoisotopic (exact) mass is 303 g/mol. The van der Waals surface area contributed by atoms with Gasteiger partial charge in [0.1, 0.15) is 5.41 Å². The molecule has 0 atom stereocenters. The molecule has 1 aliphatic rings. The largest absolute Gasteiger partial charge is 0.352 e. The van der Waals surface area contributed by atoms with Gasteiger partial charge < -0.3 is 10.6 Å². The Bertz CT molecular complexity index is 508. The molecule has 0 spiro atoms. The van der Waals surface area contributed by atoms with Crippen LogP contribution in [0.15, 0.2) is 24.5 Å². The van der Waals surface area contributed by atoms with Crippen molar-refractivity contribution < 1.29 is 9.59 Å². The molecule has 0 aliphatic heterocycles. The van der Waals surface area contributed by atoms with Crippen molar-refractivity contribution in [3.8, 4) is 0 Å². The van der Waals surface area contributed by atoms with Crippen LogP contribution in [-0.4, -0.2) is 22.8 Å². The quantitative estimate of drug-likeness (QED) is 0.819. The van der Waals surface area contributed by atoms with Gasteiger partial charge in [0.2, 0.25) is 11.8 Å². The van der Waals surface area contributed by atoms with Crippen LogP contribution >= 0.6 is 0 Å². The fraction of sp³-hybridized carbons (Fsp3) is 0.588. The molecular weight excluding hydrogens is 278 g/mol. The van der Waals surface area contributed by atoms with Crippen LogP contribution in [0.1, 0.15) is 51.5 Å². The molecule has 1 fully saturated rings. The summed E-state index contributed by atoms with van der Waals surface area (Å²) < 4.78 is 0. The number of nitrogens with one attached hydrogen (secondary N) is 2. The van der Waals surface area contributed by atoms with E-state index in [9.17, 15) is 9.59 Å². The Hall–Kier alpha value is -1.91. The molecule has 1 saturated carbocycles. The smallest absolute Gasteiger partial charge is 0.235 e. The first-order chi connectivity index (χ1) is 10.5. The average Bonchev–Trinajstić information content (AvgIpc) is 2.54. The number of rotatable bonds is 5. The number of nitrogens with zero attached hydrogens (tertiary/aromatic N) is 1. The third-order valence-corrected chi connectivity index (χ3v) is 4.28. The lowest BCUT2D eigenvalue weighted by molar-refractivity contribution is -0.142. The van der Waals surface area contributed by atoms with Crippen LogP contribution in [0.4, 0.5) is 0 Å². The van der Waals surface area contributed by atoms with Gasteiger partial charge in [-0.25, -0.2) is 0 Å². The van der Waals surface area contributed by atoms with Crippen LogP contribution < -0.4 is 10.6 Å². The minimum absolute atomic E-state index is 0.188. The molecule has 0 unspecified atom stereocenters. The van der Waals surface area contributed by atoms with Gasteiger partial charge in [-0.3, -0.25) is 14.6 Å². The highest BCUT2D eigenvalue weighted by Gasteiger charge is 2.36. The first-order valence-corrected chi connectivity index (χ1v) is 7.98. The minimum atomic E-state index is -1.07. The molecular formula is C17H25N3O2. The van der Waals surface area contributed by atoms with E-state index in [-0.39, 0.29) is 17.9 Å². The van der Waals surface area contributed by atoms with Crippen LogP contribution in [0.3, 0.4) is 0 Å². The summed E-state index contributed by atoms with van der Waals surface area (Å²) in [6.45, 7) is 3.75. The number of pyridine rings is 1. The Labute approximate surface area is 131 Å². The van der Waals surface area contributed by atoms with Crippen molar-refractivity contribution in [2.45, 2.75) is 58.5 Å². The lowest BCUT2D eigenvalue weighted by atomic mass is 9.89. The lowest BCUT2D eigenvalue weighted by Crippen LogP contribution is -2.50. The van der Waals surface area contributed by atoms with Gasteiger partial charge >= 0.3 is 0 Å². The van der Waals surface area contributed by atoms with E-state index in [0.717, 1.165) is 31.2 Å². The average molecular weight is 303 g/mol. The molecule has 22 heavy (non-hydrogen) atoms. The van der Waals surface area contributed by atoms with Crippen LogP contribution in [0.2, 0.25) is 0 Å². The number of carbonyl (C=O) groups excluding carboxylic acids is 2. The van der Waals surface area contributed by atoms with Crippen molar-refractivity contribution in [1.29, 1.82) is 0 Å². The Morgan fingerprint density at radius 1 is 1.14 bits per heavy atom. The Morgan fingerprint density at radius 2 is 1.77 bits per heavy atom. The number of hydrogen-bond acceptors (Lipinski definition) is 3. The number of hydrogen-bond donors (Lipinski definition) is 2. The third-order valence-electron chi connectivity index (χ3n) is 4.28. The van der Waals surface area contributed by atoms with E-state index >= 15 is 0 Å². The SMILES string of the molecule is CC(C)(C(=O)NCc1ccncc1)C(=O)NC1CCCCC1. The fourth-order valence-corrected chi connectivity index (χ4v) is 2.62. The Balaban J connectivity index is 1.87. The van der Waals surface area contributed by atoms with Crippen LogP contribution in [-0.2, 0) is 16.1 Å². The van der Waals surface area contributed by atoms with Gasteiger partial charge in [-0.1, -0.05) is 19.3 Å². The molecule has 1 aromatic rings. The molecule has 2 amide bonds. The number of amides is 2. The van der Waals surface area contributed by atoms with E-state index in [0.29, 0.717) is 6.54 Å². The van der Waals surface area contributed by atoms with Crippen molar-refractivity contribution in [3.05, 3.63) is 30.1 Å². The van der Waals surface area contributed by atoms with Gasteiger partial charge in [0.25, 0.3) is 0 Å². The highest BCUT2D eigenvalue weighted by molar-refractivity contribution is 6.04. The van der Waals surface area contributed by atoms with Crippen molar-refractivity contribution >= 4 is 11.8 Å². The standard InChI is InChI=1S/C17H25N3O2/c1-17(2,16(22)20-14-6-4-3-5-7-14)15(21)19-12-13-8-10-18-11-9-13/h8-11,14H,3-7,12H2,1-2H3,(H,19,21)(H,20,22). The number of carbonyl (C=O) groups is 2. The molecule has 1 heterocycles. The highest BCUT2D eigenvalue weighted by atomic mass is 16.2. The zero-order valence-corrected chi connectivity index (χ0v) is 13.4. The van der Waals surface area contributed by atoms with Crippen molar-refractivity contribution in [2.24, 2.45) is 5.41 Å². The zero-order chi connectivity index (χ0) is 16.0. The predicted octanol–water partition coefficient (Wildman–Crippen LogP) is 2.17. The molecule has 2 rings (SSSR count). The summed E-state index contributed by atoms with van der Waals surface area (Å²) >= 11 is 0. The second-order valence-corrected chi connectivity index (χ2v) is 6.47. The number of aromatic nitrogens is 1. The van der Waals surface area contributed by atoms with Gasteiger partial charge in [-0.2, -0.15) is 0 Å². The molecule has 2 N–H and O–H groups in total. The van der Waals surface area contributed by atoms with E-state index in [1.807, 2.05) is 12.1 Å². The van der Waals surface area contributed by atoms with Gasteiger partial charge in [-0.05, 0) is 44.4 Å². The molecule has 0 bridgehead atoms.